The number of para-hydroxylation sites is 1. The summed E-state index contributed by atoms with van der Waals surface area (Å²) in [5, 5.41) is 50.6. The standard InChI is InChI=1S/C22H29NO8/c1-2-3-4-5-6-9-13-12-16(14-10-7-8-11-15(14)23(13)29)30-22-19(26)17(24)18(25)20(31-22)21(27)28/h7-8,10-12,17-20,22,24-26H,2-6,9H2,1H3,(H-,27,28,29)/p+1/t17?,18-,19-,20?,22-/m1/s1. The molecule has 1 aliphatic rings. The van der Waals surface area contributed by atoms with Crippen molar-refractivity contribution in [1.82, 2.24) is 0 Å². The summed E-state index contributed by atoms with van der Waals surface area (Å²) in [6.07, 6.45) is -2.60. The van der Waals surface area contributed by atoms with Crippen LogP contribution in [0.1, 0.15) is 44.7 Å². The molecule has 31 heavy (non-hydrogen) atoms. The van der Waals surface area contributed by atoms with Crippen molar-refractivity contribution in [1.29, 1.82) is 0 Å². The number of aromatic nitrogens is 1. The Balaban J connectivity index is 1.88. The first-order valence-corrected chi connectivity index (χ1v) is 10.6. The molecule has 0 spiro atoms. The Morgan fingerprint density at radius 1 is 1.06 bits per heavy atom. The third-order valence-electron chi connectivity index (χ3n) is 5.56. The minimum absolute atomic E-state index is 0.265. The molecule has 1 aliphatic heterocycles. The lowest BCUT2D eigenvalue weighted by Gasteiger charge is -2.38. The van der Waals surface area contributed by atoms with Crippen LogP contribution in [-0.4, -0.2) is 62.3 Å². The zero-order chi connectivity index (χ0) is 22.5. The number of pyridine rings is 1. The van der Waals surface area contributed by atoms with E-state index in [0.717, 1.165) is 36.8 Å². The summed E-state index contributed by atoms with van der Waals surface area (Å²) in [5.74, 6) is -1.22. The average Bonchev–Trinajstić information content (AvgIpc) is 2.76. The van der Waals surface area contributed by atoms with E-state index in [1.54, 1.807) is 30.3 Å². The van der Waals surface area contributed by atoms with Crippen molar-refractivity contribution < 1.29 is 44.6 Å². The molecule has 0 saturated carbocycles. The zero-order valence-electron chi connectivity index (χ0n) is 17.4. The number of carboxylic acids is 1. The molecular weight excluding hydrogens is 406 g/mol. The van der Waals surface area contributed by atoms with E-state index in [2.05, 4.69) is 6.92 Å². The minimum Gasteiger partial charge on any atom is -0.479 e. The van der Waals surface area contributed by atoms with E-state index in [1.807, 2.05) is 0 Å². The van der Waals surface area contributed by atoms with Crippen molar-refractivity contribution in [3.8, 4) is 5.75 Å². The highest BCUT2D eigenvalue weighted by molar-refractivity contribution is 5.82. The summed E-state index contributed by atoms with van der Waals surface area (Å²) in [7, 11) is 0. The molecule has 9 nitrogen and oxygen atoms in total. The third-order valence-corrected chi connectivity index (χ3v) is 5.56. The fourth-order valence-electron chi connectivity index (χ4n) is 3.77. The molecule has 1 aromatic heterocycles. The average molecular weight is 436 g/mol. The second-order valence-corrected chi connectivity index (χ2v) is 7.85. The lowest BCUT2D eigenvalue weighted by molar-refractivity contribution is -0.889. The normalized spacial score (nSPS) is 26.1. The van der Waals surface area contributed by atoms with Crippen LogP contribution in [0.4, 0.5) is 0 Å². The van der Waals surface area contributed by atoms with Gasteiger partial charge in [0.25, 0.3) is 5.52 Å². The number of hydrogen-bond donors (Lipinski definition) is 5. The molecule has 0 amide bonds. The number of ether oxygens (including phenoxy) is 2. The molecule has 2 heterocycles. The molecule has 2 aromatic rings. The van der Waals surface area contributed by atoms with Gasteiger partial charge < -0.3 is 29.9 Å². The molecule has 1 fully saturated rings. The predicted octanol–water partition coefficient (Wildman–Crippen LogP) is 1.15. The Hall–Kier alpha value is -2.46. The maximum atomic E-state index is 11.3. The first-order chi connectivity index (χ1) is 14.8. The van der Waals surface area contributed by atoms with E-state index in [0.29, 0.717) is 23.0 Å². The van der Waals surface area contributed by atoms with Gasteiger partial charge >= 0.3 is 5.97 Å². The molecule has 0 aliphatic carbocycles. The molecule has 1 saturated heterocycles. The minimum atomic E-state index is -1.79. The van der Waals surface area contributed by atoms with Crippen molar-refractivity contribution in [3.63, 3.8) is 0 Å². The Morgan fingerprint density at radius 3 is 2.48 bits per heavy atom. The Bertz CT molecular complexity index is 904. The number of aliphatic carboxylic acids is 1. The van der Waals surface area contributed by atoms with Gasteiger partial charge in [-0.1, -0.05) is 44.7 Å². The van der Waals surface area contributed by atoms with Crippen molar-refractivity contribution in [2.24, 2.45) is 0 Å². The van der Waals surface area contributed by atoms with Crippen LogP contribution in [0.3, 0.4) is 0 Å². The van der Waals surface area contributed by atoms with E-state index in [1.165, 1.54) is 0 Å². The number of nitrogens with zero attached hydrogens (tertiary/aromatic N) is 1. The van der Waals surface area contributed by atoms with Crippen LogP contribution in [0.5, 0.6) is 5.75 Å². The maximum absolute atomic E-state index is 11.3. The summed E-state index contributed by atoms with van der Waals surface area (Å²) in [4.78, 5) is 11.3. The highest BCUT2D eigenvalue weighted by Gasteiger charge is 2.48. The van der Waals surface area contributed by atoms with E-state index >= 15 is 0 Å². The van der Waals surface area contributed by atoms with Gasteiger partial charge in [-0.05, 0) is 12.5 Å². The van der Waals surface area contributed by atoms with Crippen LogP contribution < -0.4 is 9.47 Å². The van der Waals surface area contributed by atoms with Gasteiger partial charge in [0.2, 0.25) is 12.0 Å². The van der Waals surface area contributed by atoms with Crippen LogP contribution in [0.2, 0.25) is 0 Å². The molecule has 3 rings (SSSR count). The van der Waals surface area contributed by atoms with Gasteiger partial charge in [-0.15, -0.1) is 0 Å². The highest BCUT2D eigenvalue weighted by atomic mass is 16.7. The first-order valence-electron chi connectivity index (χ1n) is 10.6. The fourth-order valence-corrected chi connectivity index (χ4v) is 3.77. The van der Waals surface area contributed by atoms with Crippen molar-refractivity contribution in [3.05, 3.63) is 36.0 Å². The Kier molecular flexibility index (Phi) is 7.66. The quantitative estimate of drug-likeness (QED) is 0.224. The van der Waals surface area contributed by atoms with Crippen LogP contribution in [0.25, 0.3) is 10.9 Å². The number of aryl methyl sites for hydroxylation is 1. The van der Waals surface area contributed by atoms with Gasteiger partial charge in [0.15, 0.2) is 6.10 Å². The number of aliphatic hydroxyl groups excluding tert-OH is 3. The van der Waals surface area contributed by atoms with Crippen LogP contribution >= 0.6 is 0 Å². The van der Waals surface area contributed by atoms with E-state index in [9.17, 15) is 30.4 Å². The highest BCUT2D eigenvalue weighted by Crippen LogP contribution is 2.30. The summed E-state index contributed by atoms with van der Waals surface area (Å²) in [5.41, 5.74) is 1.06. The Morgan fingerprint density at radius 2 is 1.77 bits per heavy atom. The molecule has 5 N–H and O–H groups in total. The predicted molar refractivity (Wildman–Crippen MR) is 109 cm³/mol. The number of fused-ring (bicyclic) bond motifs is 1. The van der Waals surface area contributed by atoms with Gasteiger partial charge in [0.1, 0.15) is 24.1 Å². The number of hydrogen-bond acceptors (Lipinski definition) is 7. The number of aliphatic hydroxyl groups is 3. The fraction of sp³-hybridized carbons (Fsp3) is 0.545. The molecule has 9 heteroatoms. The monoisotopic (exact) mass is 436 g/mol. The van der Waals surface area contributed by atoms with Gasteiger partial charge in [0, 0.05) is 17.2 Å². The second-order valence-electron chi connectivity index (χ2n) is 7.85. The summed E-state index contributed by atoms with van der Waals surface area (Å²) in [6, 6.07) is 8.54. The van der Waals surface area contributed by atoms with Gasteiger partial charge in [-0.2, -0.15) is 0 Å². The molecule has 2 unspecified atom stereocenters. The van der Waals surface area contributed by atoms with Gasteiger partial charge in [-0.25, -0.2) is 4.79 Å². The van der Waals surface area contributed by atoms with Gasteiger partial charge in [0.05, 0.1) is 11.5 Å². The number of benzene rings is 1. The molecule has 1 aromatic carbocycles. The van der Waals surface area contributed by atoms with Crippen molar-refractivity contribution in [2.45, 2.75) is 76.2 Å². The number of rotatable bonds is 9. The van der Waals surface area contributed by atoms with Crippen molar-refractivity contribution >= 4 is 16.9 Å². The number of carboxylic acid groups (broad SMARTS) is 1. The first kappa shape index (κ1) is 23.2. The van der Waals surface area contributed by atoms with Crippen LogP contribution in [-0.2, 0) is 16.0 Å². The maximum Gasteiger partial charge on any atom is 0.335 e. The summed E-state index contributed by atoms with van der Waals surface area (Å²) in [6.45, 7) is 2.14. The number of carbonyl (C=O) groups is 1. The summed E-state index contributed by atoms with van der Waals surface area (Å²) < 4.78 is 12.1. The molecular formula is C22H30NO8+. The van der Waals surface area contributed by atoms with E-state index < -0.39 is 36.7 Å². The smallest absolute Gasteiger partial charge is 0.335 e. The SMILES string of the molecule is CCCCCCCc1cc(O[C@@H]2OC(C(=O)O)[C@H](O)C(O)[C@H]2O)c2ccccc2[n+]1O. The van der Waals surface area contributed by atoms with Gasteiger partial charge in [-0.3, -0.25) is 5.21 Å². The zero-order valence-corrected chi connectivity index (χ0v) is 17.4. The number of unbranched alkanes of at least 4 members (excludes halogenated alkanes) is 4. The largest absolute Gasteiger partial charge is 0.479 e. The van der Waals surface area contributed by atoms with Crippen LogP contribution in [0, 0.1) is 0 Å². The molecule has 5 atom stereocenters. The summed E-state index contributed by atoms with van der Waals surface area (Å²) >= 11 is 0. The molecule has 0 radical (unpaired) electrons. The lowest BCUT2D eigenvalue weighted by Crippen LogP contribution is -2.61. The molecule has 0 bridgehead atoms. The topological polar surface area (TPSA) is 141 Å². The van der Waals surface area contributed by atoms with E-state index in [-0.39, 0.29) is 5.75 Å². The van der Waals surface area contributed by atoms with Crippen LogP contribution in [0.15, 0.2) is 30.3 Å². The third kappa shape index (κ3) is 5.07. The van der Waals surface area contributed by atoms with Crippen molar-refractivity contribution in [2.75, 3.05) is 0 Å². The molecule has 170 valence electrons. The second kappa shape index (κ2) is 10.2. The Labute approximate surface area is 180 Å². The van der Waals surface area contributed by atoms with E-state index in [4.69, 9.17) is 9.47 Å². The lowest BCUT2D eigenvalue weighted by atomic mass is 9.99.